The van der Waals surface area contributed by atoms with Gasteiger partial charge in [0.05, 0.1) is 10.7 Å². The zero-order valence-corrected chi connectivity index (χ0v) is 13.1. The lowest BCUT2D eigenvalue weighted by Gasteiger charge is -2.17. The van der Waals surface area contributed by atoms with Crippen LogP contribution < -0.4 is 5.32 Å². The molecule has 1 aromatic carbocycles. The fourth-order valence-corrected chi connectivity index (χ4v) is 2.71. The summed E-state index contributed by atoms with van der Waals surface area (Å²) in [6.45, 7) is 3.02. The standard InChI is InChI=1S/C16H19BrFNO/c1-2-19-13(6-7-14-4-3-9-20-14)10-12-5-8-16(18)15(17)11-12/h3-5,8-9,11,13,19H,2,6-7,10H2,1H3. The molecule has 0 aliphatic rings. The predicted octanol–water partition coefficient (Wildman–Crippen LogP) is 4.33. The Labute approximate surface area is 127 Å². The molecule has 1 heterocycles. The number of hydrogen-bond acceptors (Lipinski definition) is 2. The molecule has 0 aliphatic carbocycles. The molecule has 0 aliphatic heterocycles. The summed E-state index contributed by atoms with van der Waals surface area (Å²) in [6, 6.07) is 9.48. The number of likely N-dealkylation sites (N-methyl/N-ethyl adjacent to an activating group) is 1. The summed E-state index contributed by atoms with van der Waals surface area (Å²) in [7, 11) is 0. The number of aryl methyl sites for hydroxylation is 1. The molecule has 0 radical (unpaired) electrons. The highest BCUT2D eigenvalue weighted by molar-refractivity contribution is 9.10. The number of rotatable bonds is 7. The highest BCUT2D eigenvalue weighted by Crippen LogP contribution is 2.19. The summed E-state index contributed by atoms with van der Waals surface area (Å²) < 4.78 is 19.1. The number of furan rings is 1. The van der Waals surface area contributed by atoms with Crippen LogP contribution in [-0.2, 0) is 12.8 Å². The van der Waals surface area contributed by atoms with Crippen LogP contribution in [0.2, 0.25) is 0 Å². The molecular weight excluding hydrogens is 321 g/mol. The van der Waals surface area contributed by atoms with E-state index in [4.69, 9.17) is 4.42 Å². The van der Waals surface area contributed by atoms with Crippen LogP contribution in [0.3, 0.4) is 0 Å². The molecule has 0 amide bonds. The van der Waals surface area contributed by atoms with Gasteiger partial charge in [-0.15, -0.1) is 0 Å². The Hall–Kier alpha value is -1.13. The van der Waals surface area contributed by atoms with Gasteiger partial charge in [-0.25, -0.2) is 4.39 Å². The molecule has 1 aromatic heterocycles. The molecule has 1 atom stereocenters. The first kappa shape index (κ1) is 15.3. The maximum Gasteiger partial charge on any atom is 0.137 e. The first-order valence-corrected chi connectivity index (χ1v) is 7.68. The van der Waals surface area contributed by atoms with Crippen molar-refractivity contribution in [1.29, 1.82) is 0 Å². The third-order valence-electron chi connectivity index (χ3n) is 3.28. The fraction of sp³-hybridized carbons (Fsp3) is 0.375. The van der Waals surface area contributed by atoms with Crippen LogP contribution in [0, 0.1) is 5.82 Å². The van der Waals surface area contributed by atoms with Gasteiger partial charge in [0.2, 0.25) is 0 Å². The topological polar surface area (TPSA) is 25.2 Å². The van der Waals surface area contributed by atoms with Crippen molar-refractivity contribution < 1.29 is 8.81 Å². The summed E-state index contributed by atoms with van der Waals surface area (Å²) in [6.07, 6.45) is 4.49. The van der Waals surface area contributed by atoms with E-state index in [-0.39, 0.29) is 5.82 Å². The zero-order valence-electron chi connectivity index (χ0n) is 11.5. The smallest absolute Gasteiger partial charge is 0.137 e. The number of nitrogens with one attached hydrogen (secondary N) is 1. The third-order valence-corrected chi connectivity index (χ3v) is 3.89. The maximum absolute atomic E-state index is 13.2. The van der Waals surface area contributed by atoms with Gasteiger partial charge in [0.25, 0.3) is 0 Å². The average molecular weight is 340 g/mol. The Bertz CT molecular complexity index is 527. The predicted molar refractivity (Wildman–Crippen MR) is 82.3 cm³/mol. The Balaban J connectivity index is 1.95. The van der Waals surface area contributed by atoms with E-state index in [0.717, 1.165) is 37.1 Å². The number of halogens is 2. The molecule has 0 saturated carbocycles. The largest absolute Gasteiger partial charge is 0.469 e. The Morgan fingerprint density at radius 1 is 1.35 bits per heavy atom. The van der Waals surface area contributed by atoms with Crippen molar-refractivity contribution in [2.24, 2.45) is 0 Å². The van der Waals surface area contributed by atoms with Crippen LogP contribution in [0.4, 0.5) is 4.39 Å². The summed E-state index contributed by atoms with van der Waals surface area (Å²) in [5, 5.41) is 3.48. The van der Waals surface area contributed by atoms with E-state index >= 15 is 0 Å². The maximum atomic E-state index is 13.2. The van der Waals surface area contributed by atoms with Crippen molar-refractivity contribution in [3.8, 4) is 0 Å². The quantitative estimate of drug-likeness (QED) is 0.811. The molecule has 2 aromatic rings. The molecule has 4 heteroatoms. The Kier molecular flexibility index (Phi) is 5.80. The van der Waals surface area contributed by atoms with Gasteiger partial charge in [-0.05, 0) is 65.1 Å². The van der Waals surface area contributed by atoms with Gasteiger partial charge < -0.3 is 9.73 Å². The summed E-state index contributed by atoms with van der Waals surface area (Å²) in [4.78, 5) is 0. The minimum atomic E-state index is -0.218. The zero-order chi connectivity index (χ0) is 14.4. The van der Waals surface area contributed by atoms with Crippen LogP contribution >= 0.6 is 15.9 Å². The van der Waals surface area contributed by atoms with E-state index in [1.165, 1.54) is 6.07 Å². The highest BCUT2D eigenvalue weighted by Gasteiger charge is 2.11. The van der Waals surface area contributed by atoms with E-state index in [1.807, 2.05) is 24.3 Å². The van der Waals surface area contributed by atoms with Crippen molar-refractivity contribution >= 4 is 15.9 Å². The van der Waals surface area contributed by atoms with Crippen LogP contribution in [0.5, 0.6) is 0 Å². The second-order valence-corrected chi connectivity index (χ2v) is 5.68. The van der Waals surface area contributed by atoms with Gasteiger partial charge in [0, 0.05) is 12.5 Å². The fourth-order valence-electron chi connectivity index (χ4n) is 2.29. The van der Waals surface area contributed by atoms with E-state index in [0.29, 0.717) is 10.5 Å². The van der Waals surface area contributed by atoms with E-state index in [2.05, 4.69) is 28.2 Å². The van der Waals surface area contributed by atoms with Crippen LogP contribution in [0.25, 0.3) is 0 Å². The minimum absolute atomic E-state index is 0.218. The molecular formula is C16H19BrFNO. The number of hydrogen-bond donors (Lipinski definition) is 1. The lowest BCUT2D eigenvalue weighted by Crippen LogP contribution is -2.31. The van der Waals surface area contributed by atoms with Gasteiger partial charge in [-0.1, -0.05) is 13.0 Å². The van der Waals surface area contributed by atoms with Crippen LogP contribution in [0.1, 0.15) is 24.7 Å². The van der Waals surface area contributed by atoms with Gasteiger partial charge in [0.15, 0.2) is 0 Å². The Morgan fingerprint density at radius 3 is 2.85 bits per heavy atom. The number of benzene rings is 1. The van der Waals surface area contributed by atoms with Gasteiger partial charge >= 0.3 is 0 Å². The van der Waals surface area contributed by atoms with Crippen molar-refractivity contribution in [3.05, 3.63) is 58.2 Å². The molecule has 0 spiro atoms. The summed E-state index contributed by atoms with van der Waals surface area (Å²) >= 11 is 3.24. The SMILES string of the molecule is CCNC(CCc1ccco1)Cc1ccc(F)c(Br)c1. The molecule has 1 unspecified atom stereocenters. The van der Waals surface area contributed by atoms with Crippen LogP contribution in [-0.4, -0.2) is 12.6 Å². The molecule has 0 bridgehead atoms. The van der Waals surface area contributed by atoms with Crippen molar-refractivity contribution in [2.45, 2.75) is 32.2 Å². The molecule has 2 rings (SSSR count). The normalized spacial score (nSPS) is 12.6. The minimum Gasteiger partial charge on any atom is -0.469 e. The first-order chi connectivity index (χ1) is 9.69. The molecule has 20 heavy (non-hydrogen) atoms. The summed E-state index contributed by atoms with van der Waals surface area (Å²) in [5.41, 5.74) is 1.13. The average Bonchev–Trinajstić information content (AvgIpc) is 2.94. The lowest BCUT2D eigenvalue weighted by atomic mass is 10.0. The second kappa shape index (κ2) is 7.60. The Morgan fingerprint density at radius 2 is 2.20 bits per heavy atom. The second-order valence-electron chi connectivity index (χ2n) is 4.83. The first-order valence-electron chi connectivity index (χ1n) is 6.88. The molecule has 1 N–H and O–H groups in total. The van der Waals surface area contributed by atoms with Gasteiger partial charge in [-0.3, -0.25) is 0 Å². The van der Waals surface area contributed by atoms with E-state index < -0.39 is 0 Å². The molecule has 0 saturated heterocycles. The van der Waals surface area contributed by atoms with Gasteiger partial charge in [-0.2, -0.15) is 0 Å². The molecule has 0 fully saturated rings. The molecule has 2 nitrogen and oxygen atoms in total. The van der Waals surface area contributed by atoms with Crippen LogP contribution in [0.15, 0.2) is 45.5 Å². The van der Waals surface area contributed by atoms with Crippen molar-refractivity contribution in [3.63, 3.8) is 0 Å². The highest BCUT2D eigenvalue weighted by atomic mass is 79.9. The summed E-state index contributed by atoms with van der Waals surface area (Å²) in [5.74, 6) is 0.789. The monoisotopic (exact) mass is 339 g/mol. The lowest BCUT2D eigenvalue weighted by molar-refractivity contribution is 0.447. The van der Waals surface area contributed by atoms with Crippen molar-refractivity contribution in [2.75, 3.05) is 6.54 Å². The van der Waals surface area contributed by atoms with E-state index in [1.54, 1.807) is 6.26 Å². The van der Waals surface area contributed by atoms with Crippen molar-refractivity contribution in [1.82, 2.24) is 5.32 Å². The third kappa shape index (κ3) is 4.46. The van der Waals surface area contributed by atoms with E-state index in [9.17, 15) is 4.39 Å². The van der Waals surface area contributed by atoms with Gasteiger partial charge in [0.1, 0.15) is 11.6 Å². The molecule has 108 valence electrons.